The number of pyridine rings is 1. The van der Waals surface area contributed by atoms with Gasteiger partial charge in [-0.05, 0) is 48.8 Å². The molecule has 2 fully saturated rings. The molecule has 2 aromatic rings. The van der Waals surface area contributed by atoms with Crippen LogP contribution in [0.2, 0.25) is 0 Å². The normalized spacial score (nSPS) is 19.7. The number of carbonyl (C=O) groups is 1. The Labute approximate surface area is 164 Å². The summed E-state index contributed by atoms with van der Waals surface area (Å²) in [7, 11) is 0. The maximum atomic E-state index is 12.5. The lowest BCUT2D eigenvalue weighted by molar-refractivity contribution is -0.139. The van der Waals surface area contributed by atoms with Crippen LogP contribution in [0.3, 0.4) is 0 Å². The first-order valence-corrected chi connectivity index (χ1v) is 10.7. The van der Waals surface area contributed by atoms with Crippen LogP contribution in [-0.4, -0.2) is 45.6 Å². The number of piperidine rings is 2. The first-order valence-electron chi connectivity index (χ1n) is 9.91. The Bertz CT molecular complexity index is 770. The molecule has 0 bridgehead atoms. The number of likely N-dealkylation sites (tertiary alicyclic amines) is 1. The molecule has 0 N–H and O–H groups in total. The Kier molecular flexibility index (Phi) is 5.38. The highest BCUT2D eigenvalue weighted by Crippen LogP contribution is 2.41. The van der Waals surface area contributed by atoms with Crippen molar-refractivity contribution in [1.82, 2.24) is 20.1 Å². The van der Waals surface area contributed by atoms with Gasteiger partial charge in [-0.25, -0.2) is 0 Å². The second-order valence-electron chi connectivity index (χ2n) is 7.82. The standard InChI is InChI=1S/C20H27N5OS/c1-2-3-17-22-23-19(27-17)24-12-8-20(9-13-24)7-4-18(26)25(15-20)14-16-5-10-21-11-6-16/h5-6,10-11H,2-4,7-9,12-15H2,1H3. The fourth-order valence-corrected chi connectivity index (χ4v) is 5.21. The van der Waals surface area contributed by atoms with Crippen LogP contribution < -0.4 is 4.90 Å². The van der Waals surface area contributed by atoms with Crippen molar-refractivity contribution in [2.24, 2.45) is 5.41 Å². The van der Waals surface area contributed by atoms with Crippen molar-refractivity contribution in [2.75, 3.05) is 24.5 Å². The van der Waals surface area contributed by atoms with E-state index in [9.17, 15) is 4.79 Å². The molecule has 27 heavy (non-hydrogen) atoms. The van der Waals surface area contributed by atoms with Crippen molar-refractivity contribution in [3.05, 3.63) is 35.1 Å². The molecule has 2 aliphatic rings. The summed E-state index contributed by atoms with van der Waals surface area (Å²) in [6, 6.07) is 4.00. The summed E-state index contributed by atoms with van der Waals surface area (Å²) in [5, 5.41) is 10.9. The van der Waals surface area contributed by atoms with E-state index in [4.69, 9.17) is 0 Å². The molecule has 4 heterocycles. The Morgan fingerprint density at radius 1 is 1.15 bits per heavy atom. The number of hydrogen-bond acceptors (Lipinski definition) is 6. The van der Waals surface area contributed by atoms with E-state index in [1.54, 1.807) is 23.7 Å². The maximum Gasteiger partial charge on any atom is 0.222 e. The van der Waals surface area contributed by atoms with Gasteiger partial charge in [-0.1, -0.05) is 18.3 Å². The molecule has 0 aromatic carbocycles. The summed E-state index contributed by atoms with van der Waals surface area (Å²) in [4.78, 5) is 21.0. The van der Waals surface area contributed by atoms with Gasteiger partial charge in [0.15, 0.2) is 0 Å². The fraction of sp³-hybridized carbons (Fsp3) is 0.600. The molecule has 6 nitrogen and oxygen atoms in total. The molecular formula is C20H27N5OS. The molecule has 0 aliphatic carbocycles. The van der Waals surface area contributed by atoms with E-state index >= 15 is 0 Å². The minimum absolute atomic E-state index is 0.258. The fourth-order valence-electron chi connectivity index (χ4n) is 4.22. The molecule has 0 radical (unpaired) electrons. The van der Waals surface area contributed by atoms with Crippen LogP contribution in [0.4, 0.5) is 5.13 Å². The van der Waals surface area contributed by atoms with Crippen LogP contribution in [0.1, 0.15) is 49.6 Å². The quantitative estimate of drug-likeness (QED) is 0.790. The van der Waals surface area contributed by atoms with Crippen molar-refractivity contribution < 1.29 is 4.79 Å². The van der Waals surface area contributed by atoms with Gasteiger partial charge in [0.05, 0.1) is 0 Å². The summed E-state index contributed by atoms with van der Waals surface area (Å²) in [6.07, 6.45) is 9.65. The summed E-state index contributed by atoms with van der Waals surface area (Å²) in [6.45, 7) is 5.77. The van der Waals surface area contributed by atoms with E-state index in [-0.39, 0.29) is 11.3 Å². The van der Waals surface area contributed by atoms with Gasteiger partial charge in [0.25, 0.3) is 0 Å². The van der Waals surface area contributed by atoms with Crippen LogP contribution in [0, 0.1) is 5.41 Å². The molecule has 0 unspecified atom stereocenters. The highest BCUT2D eigenvalue weighted by atomic mass is 32.1. The third-order valence-corrected chi connectivity index (χ3v) is 6.93. The SMILES string of the molecule is CCCc1nnc(N2CCC3(CCC(=O)N(Cc4ccncc4)C3)CC2)s1. The van der Waals surface area contributed by atoms with Crippen LogP contribution in [0.5, 0.6) is 0 Å². The molecule has 0 atom stereocenters. The second kappa shape index (κ2) is 7.92. The molecule has 2 aliphatic heterocycles. The second-order valence-corrected chi connectivity index (χ2v) is 8.86. The van der Waals surface area contributed by atoms with E-state index in [1.165, 1.54) is 0 Å². The molecule has 1 amide bonds. The summed E-state index contributed by atoms with van der Waals surface area (Å²) >= 11 is 1.74. The van der Waals surface area contributed by atoms with Crippen LogP contribution in [0.25, 0.3) is 0 Å². The van der Waals surface area contributed by atoms with E-state index in [0.717, 1.165) is 67.4 Å². The predicted molar refractivity (Wildman–Crippen MR) is 107 cm³/mol. The number of nitrogens with zero attached hydrogens (tertiary/aromatic N) is 5. The lowest BCUT2D eigenvalue weighted by Gasteiger charge is -2.47. The first kappa shape index (κ1) is 18.3. The van der Waals surface area contributed by atoms with E-state index in [0.29, 0.717) is 13.0 Å². The van der Waals surface area contributed by atoms with Gasteiger partial charge >= 0.3 is 0 Å². The molecule has 144 valence electrons. The number of hydrogen-bond donors (Lipinski definition) is 0. The number of amides is 1. The Balaban J connectivity index is 1.38. The first-order chi connectivity index (χ1) is 13.2. The Morgan fingerprint density at radius 3 is 2.67 bits per heavy atom. The number of aryl methyl sites for hydroxylation is 1. The van der Waals surface area contributed by atoms with Crippen molar-refractivity contribution >= 4 is 22.4 Å². The molecule has 4 rings (SSSR count). The molecule has 2 saturated heterocycles. The van der Waals surface area contributed by atoms with Gasteiger partial charge in [-0.15, -0.1) is 10.2 Å². The van der Waals surface area contributed by atoms with Crippen LogP contribution in [0.15, 0.2) is 24.5 Å². The van der Waals surface area contributed by atoms with Gasteiger partial charge in [0.1, 0.15) is 5.01 Å². The Hall–Kier alpha value is -2.02. The number of rotatable bonds is 5. The molecule has 1 spiro atoms. The zero-order valence-corrected chi connectivity index (χ0v) is 16.7. The van der Waals surface area contributed by atoms with Gasteiger partial charge in [0.2, 0.25) is 11.0 Å². The largest absolute Gasteiger partial charge is 0.347 e. The minimum Gasteiger partial charge on any atom is -0.347 e. The zero-order chi connectivity index (χ0) is 18.7. The molecule has 0 saturated carbocycles. The van der Waals surface area contributed by atoms with Gasteiger partial charge in [-0.2, -0.15) is 0 Å². The highest BCUT2D eigenvalue weighted by molar-refractivity contribution is 7.15. The zero-order valence-electron chi connectivity index (χ0n) is 15.9. The number of aromatic nitrogens is 3. The predicted octanol–water partition coefficient (Wildman–Crippen LogP) is 3.29. The topological polar surface area (TPSA) is 62.2 Å². The van der Waals surface area contributed by atoms with Crippen LogP contribution in [-0.2, 0) is 17.8 Å². The number of carbonyl (C=O) groups excluding carboxylic acids is 1. The minimum atomic E-state index is 0.258. The third kappa shape index (κ3) is 4.13. The van der Waals surface area contributed by atoms with Gasteiger partial charge in [0, 0.05) is 51.4 Å². The van der Waals surface area contributed by atoms with Gasteiger partial charge in [-0.3, -0.25) is 9.78 Å². The van der Waals surface area contributed by atoms with E-state index < -0.39 is 0 Å². The summed E-state index contributed by atoms with van der Waals surface area (Å²) in [5.41, 5.74) is 1.42. The van der Waals surface area contributed by atoms with E-state index in [2.05, 4.69) is 31.9 Å². The average Bonchev–Trinajstić information content (AvgIpc) is 3.15. The molecule has 7 heteroatoms. The van der Waals surface area contributed by atoms with Crippen molar-refractivity contribution in [1.29, 1.82) is 0 Å². The average molecular weight is 386 g/mol. The molecular weight excluding hydrogens is 358 g/mol. The monoisotopic (exact) mass is 385 g/mol. The lowest BCUT2D eigenvalue weighted by Crippen LogP contribution is -2.51. The van der Waals surface area contributed by atoms with E-state index in [1.807, 2.05) is 12.1 Å². The van der Waals surface area contributed by atoms with Crippen LogP contribution >= 0.6 is 11.3 Å². The summed E-state index contributed by atoms with van der Waals surface area (Å²) < 4.78 is 0. The summed E-state index contributed by atoms with van der Waals surface area (Å²) in [5.74, 6) is 0.285. The number of anilines is 1. The maximum absolute atomic E-state index is 12.5. The Morgan fingerprint density at radius 2 is 1.93 bits per heavy atom. The van der Waals surface area contributed by atoms with Crippen molar-refractivity contribution in [3.63, 3.8) is 0 Å². The lowest BCUT2D eigenvalue weighted by atomic mass is 9.72. The highest BCUT2D eigenvalue weighted by Gasteiger charge is 2.41. The molecule has 2 aromatic heterocycles. The van der Waals surface area contributed by atoms with Crippen molar-refractivity contribution in [2.45, 2.75) is 52.0 Å². The van der Waals surface area contributed by atoms with Gasteiger partial charge < -0.3 is 9.80 Å². The van der Waals surface area contributed by atoms with Crippen molar-refractivity contribution in [3.8, 4) is 0 Å². The smallest absolute Gasteiger partial charge is 0.222 e. The third-order valence-electron chi connectivity index (χ3n) is 5.89.